The second-order valence-electron chi connectivity index (χ2n) is 3.88. The topological polar surface area (TPSA) is 34.1 Å². The van der Waals surface area contributed by atoms with Crippen molar-refractivity contribution in [1.82, 2.24) is 0 Å². The summed E-state index contributed by atoms with van der Waals surface area (Å²) in [5, 5.41) is 0. The van der Waals surface area contributed by atoms with E-state index in [0.717, 1.165) is 13.1 Å². The summed E-state index contributed by atoms with van der Waals surface area (Å²) >= 11 is 8.12. The van der Waals surface area contributed by atoms with E-state index in [0.29, 0.717) is 11.3 Å². The van der Waals surface area contributed by atoms with Crippen LogP contribution in [0.4, 0.5) is 0 Å². The summed E-state index contributed by atoms with van der Waals surface area (Å²) < 4.78 is 13.6. The van der Waals surface area contributed by atoms with Crippen molar-refractivity contribution < 1.29 is 9.00 Å². The van der Waals surface area contributed by atoms with E-state index < -0.39 is 10.8 Å². The standard InChI is InChI=1S/C13H10Br2O2S2/c14-12-6-10(13(15)18-12)11(16)8-19(17)7-9-4-2-1-3-5-9/h1-6H,7-8H2. The molecule has 19 heavy (non-hydrogen) atoms. The zero-order valence-corrected chi connectivity index (χ0v) is 14.6. The van der Waals surface area contributed by atoms with Crippen molar-refractivity contribution in [3.05, 3.63) is 55.1 Å². The molecule has 0 fully saturated rings. The van der Waals surface area contributed by atoms with Crippen LogP contribution in [0.15, 0.2) is 44.0 Å². The fraction of sp³-hybridized carbons (Fsp3) is 0.154. The van der Waals surface area contributed by atoms with Gasteiger partial charge in [0.25, 0.3) is 0 Å². The van der Waals surface area contributed by atoms with Crippen LogP contribution in [0.1, 0.15) is 15.9 Å². The van der Waals surface area contributed by atoms with E-state index >= 15 is 0 Å². The zero-order chi connectivity index (χ0) is 13.8. The normalized spacial score (nSPS) is 12.3. The lowest BCUT2D eigenvalue weighted by Crippen LogP contribution is -2.12. The van der Waals surface area contributed by atoms with Gasteiger partial charge in [-0.1, -0.05) is 30.3 Å². The van der Waals surface area contributed by atoms with Gasteiger partial charge in [0.2, 0.25) is 0 Å². The quantitative estimate of drug-likeness (QED) is 0.670. The van der Waals surface area contributed by atoms with Crippen molar-refractivity contribution in [2.24, 2.45) is 0 Å². The molecule has 2 rings (SSSR count). The highest BCUT2D eigenvalue weighted by molar-refractivity contribution is 9.12. The molecule has 6 heteroatoms. The minimum absolute atomic E-state index is 0.0522. The Labute approximate surface area is 134 Å². The number of thiophene rings is 1. The van der Waals surface area contributed by atoms with Crippen LogP contribution in [-0.2, 0) is 16.6 Å². The number of benzene rings is 1. The molecule has 1 heterocycles. The van der Waals surface area contributed by atoms with E-state index in [1.165, 1.54) is 11.3 Å². The predicted molar refractivity (Wildman–Crippen MR) is 87.2 cm³/mol. The highest BCUT2D eigenvalue weighted by Gasteiger charge is 2.16. The van der Waals surface area contributed by atoms with Crippen LogP contribution < -0.4 is 0 Å². The first kappa shape index (κ1) is 15.1. The summed E-state index contributed by atoms with van der Waals surface area (Å²) in [7, 11) is -1.18. The van der Waals surface area contributed by atoms with Gasteiger partial charge in [-0.25, -0.2) is 0 Å². The molecule has 0 spiro atoms. The van der Waals surface area contributed by atoms with E-state index in [1.54, 1.807) is 6.07 Å². The average Bonchev–Trinajstić information content (AvgIpc) is 2.69. The number of hydrogen-bond acceptors (Lipinski definition) is 3. The number of ketones is 1. The van der Waals surface area contributed by atoms with Crippen molar-refractivity contribution in [3.8, 4) is 0 Å². The highest BCUT2D eigenvalue weighted by atomic mass is 79.9. The summed E-state index contributed by atoms with van der Waals surface area (Å²) in [6, 6.07) is 11.3. The first-order valence-corrected chi connectivity index (χ1v) is 9.32. The molecule has 0 aliphatic heterocycles. The third kappa shape index (κ3) is 4.34. The Balaban J connectivity index is 2.00. The minimum atomic E-state index is -1.18. The lowest BCUT2D eigenvalue weighted by atomic mass is 10.2. The number of carbonyl (C=O) groups is 1. The van der Waals surface area contributed by atoms with Crippen LogP contribution in [0, 0.1) is 0 Å². The van der Waals surface area contributed by atoms with E-state index in [4.69, 9.17) is 0 Å². The van der Waals surface area contributed by atoms with E-state index in [1.807, 2.05) is 30.3 Å². The Hall–Kier alpha value is -0.300. The summed E-state index contributed by atoms with van der Waals surface area (Å²) in [5.41, 5.74) is 1.58. The minimum Gasteiger partial charge on any atom is -0.293 e. The molecule has 0 radical (unpaired) electrons. The summed E-state index contributed by atoms with van der Waals surface area (Å²) in [5.74, 6) is 0.370. The van der Waals surface area contributed by atoms with Gasteiger partial charge in [0.1, 0.15) is 0 Å². The Bertz CT molecular complexity index is 608. The molecule has 0 amide bonds. The average molecular weight is 422 g/mol. The summed E-state index contributed by atoms with van der Waals surface area (Å²) in [6.45, 7) is 0. The van der Waals surface area contributed by atoms with Crippen LogP contribution in [0.2, 0.25) is 0 Å². The van der Waals surface area contributed by atoms with Gasteiger partial charge in [-0.3, -0.25) is 9.00 Å². The van der Waals surface area contributed by atoms with Gasteiger partial charge >= 0.3 is 0 Å². The highest BCUT2D eigenvalue weighted by Crippen LogP contribution is 2.32. The molecule has 0 aliphatic carbocycles. The van der Waals surface area contributed by atoms with Crippen LogP contribution in [0.25, 0.3) is 0 Å². The number of hydrogen-bond donors (Lipinski definition) is 0. The Morgan fingerprint density at radius 3 is 2.47 bits per heavy atom. The van der Waals surface area contributed by atoms with Gasteiger partial charge in [-0.2, -0.15) is 0 Å². The number of halogens is 2. The van der Waals surface area contributed by atoms with Crippen molar-refractivity contribution in [1.29, 1.82) is 0 Å². The summed E-state index contributed by atoms with van der Waals surface area (Å²) in [4.78, 5) is 12.0. The number of carbonyl (C=O) groups excluding carboxylic acids is 1. The maximum absolute atomic E-state index is 12.0. The molecule has 0 saturated heterocycles. The largest absolute Gasteiger partial charge is 0.293 e. The van der Waals surface area contributed by atoms with E-state index in [-0.39, 0.29) is 11.5 Å². The van der Waals surface area contributed by atoms with Gasteiger partial charge in [-0.15, -0.1) is 11.3 Å². The van der Waals surface area contributed by atoms with Crippen molar-refractivity contribution in [2.45, 2.75) is 5.75 Å². The third-order valence-corrected chi connectivity index (χ3v) is 6.00. The van der Waals surface area contributed by atoms with Crippen LogP contribution in [0.3, 0.4) is 0 Å². The molecule has 2 aromatic rings. The van der Waals surface area contributed by atoms with E-state index in [2.05, 4.69) is 31.9 Å². The molecule has 0 aliphatic rings. The Kier molecular flexibility index (Phi) is 5.50. The fourth-order valence-corrected chi connectivity index (χ4v) is 5.54. The maximum Gasteiger partial charge on any atom is 0.177 e. The van der Waals surface area contributed by atoms with Gasteiger partial charge in [-0.05, 0) is 43.5 Å². The van der Waals surface area contributed by atoms with Crippen molar-refractivity contribution in [3.63, 3.8) is 0 Å². The third-order valence-electron chi connectivity index (χ3n) is 2.42. The molecule has 0 saturated carbocycles. The van der Waals surface area contributed by atoms with Crippen LogP contribution in [0.5, 0.6) is 0 Å². The molecule has 100 valence electrons. The Morgan fingerprint density at radius 1 is 1.21 bits per heavy atom. The molecule has 1 aromatic carbocycles. The smallest absolute Gasteiger partial charge is 0.177 e. The molecule has 2 nitrogen and oxygen atoms in total. The molecule has 1 atom stereocenters. The van der Waals surface area contributed by atoms with Gasteiger partial charge in [0.15, 0.2) is 5.78 Å². The van der Waals surface area contributed by atoms with Crippen molar-refractivity contribution >= 4 is 59.8 Å². The fourth-order valence-electron chi connectivity index (χ4n) is 1.57. The number of rotatable bonds is 5. The molecule has 0 bridgehead atoms. The van der Waals surface area contributed by atoms with Crippen LogP contribution in [-0.4, -0.2) is 15.7 Å². The van der Waals surface area contributed by atoms with Crippen LogP contribution >= 0.6 is 43.2 Å². The van der Waals surface area contributed by atoms with E-state index in [9.17, 15) is 9.00 Å². The molecule has 1 unspecified atom stereocenters. The second kappa shape index (κ2) is 6.92. The lowest BCUT2D eigenvalue weighted by molar-refractivity contribution is 0.102. The maximum atomic E-state index is 12.0. The van der Waals surface area contributed by atoms with Gasteiger partial charge < -0.3 is 0 Å². The van der Waals surface area contributed by atoms with Gasteiger partial charge in [0.05, 0.1) is 13.3 Å². The molecular formula is C13H10Br2O2S2. The molecule has 0 N–H and O–H groups in total. The zero-order valence-electron chi connectivity index (χ0n) is 9.77. The van der Waals surface area contributed by atoms with Crippen molar-refractivity contribution in [2.75, 3.05) is 5.75 Å². The number of Topliss-reactive ketones (excluding diaryl/α,β-unsaturated/α-hetero) is 1. The second-order valence-corrected chi connectivity index (χ2v) is 9.08. The molecule has 1 aromatic heterocycles. The molecular weight excluding hydrogens is 412 g/mol. The van der Waals surface area contributed by atoms with Gasteiger partial charge in [0, 0.05) is 22.1 Å². The Morgan fingerprint density at radius 2 is 1.89 bits per heavy atom. The first-order chi connectivity index (χ1) is 9.06. The SMILES string of the molecule is O=C(CS(=O)Cc1ccccc1)c1cc(Br)sc1Br. The first-order valence-electron chi connectivity index (χ1n) is 5.43. The summed E-state index contributed by atoms with van der Waals surface area (Å²) in [6.07, 6.45) is 0. The monoisotopic (exact) mass is 420 g/mol. The predicted octanol–water partition coefficient (Wildman–Crippen LogP) is 4.40. The lowest BCUT2D eigenvalue weighted by Gasteiger charge is -2.01.